The number of rotatable bonds is 9. The number of nitrogen functional groups attached to an aromatic ring is 1. The van der Waals surface area contributed by atoms with E-state index in [0.717, 1.165) is 0 Å². The van der Waals surface area contributed by atoms with Gasteiger partial charge >= 0.3 is 11.9 Å². The van der Waals surface area contributed by atoms with Crippen LogP contribution in [-0.4, -0.2) is 58.0 Å². The monoisotopic (exact) mass is 543 g/mol. The van der Waals surface area contributed by atoms with Crippen LogP contribution in [0.3, 0.4) is 0 Å². The first-order valence-corrected chi connectivity index (χ1v) is 13.1. The zero-order chi connectivity index (χ0) is 27.7. The van der Waals surface area contributed by atoms with E-state index in [0.29, 0.717) is 35.2 Å². The molecule has 2 atom stereocenters. The van der Waals surface area contributed by atoms with Crippen LogP contribution in [0.4, 0.5) is 5.95 Å². The zero-order valence-electron chi connectivity index (χ0n) is 19.9. The first kappa shape index (κ1) is 26.8. The van der Waals surface area contributed by atoms with Gasteiger partial charge in [0, 0.05) is 6.42 Å². The number of H-pyrrole nitrogens is 1. The maximum Gasteiger partial charge on any atom is 0.326 e. The van der Waals surface area contributed by atoms with Crippen LogP contribution in [0.15, 0.2) is 52.2 Å². The van der Waals surface area contributed by atoms with Crippen molar-refractivity contribution in [1.29, 1.82) is 0 Å². The van der Waals surface area contributed by atoms with E-state index in [9.17, 15) is 32.7 Å². The van der Waals surface area contributed by atoms with Gasteiger partial charge in [-0.1, -0.05) is 30.4 Å². The van der Waals surface area contributed by atoms with Gasteiger partial charge in [0.25, 0.3) is 5.56 Å². The largest absolute Gasteiger partial charge is 0.481 e. The van der Waals surface area contributed by atoms with E-state index in [1.807, 2.05) is 0 Å². The number of aromatic amines is 1. The second kappa shape index (κ2) is 10.2. The van der Waals surface area contributed by atoms with Crippen LogP contribution in [0, 0.1) is 0 Å². The number of hydrogen-bond acceptors (Lipinski definition) is 8. The third kappa shape index (κ3) is 5.35. The number of fused-ring (bicyclic) bond motifs is 3. The molecule has 1 aromatic heterocycles. The molecule has 0 bridgehead atoms. The van der Waals surface area contributed by atoms with Gasteiger partial charge in [-0.2, -0.15) is 4.72 Å². The van der Waals surface area contributed by atoms with E-state index < -0.39 is 51.4 Å². The van der Waals surface area contributed by atoms with Crippen molar-refractivity contribution in [2.45, 2.75) is 48.6 Å². The highest BCUT2D eigenvalue weighted by Gasteiger charge is 2.42. The molecule has 0 saturated carbocycles. The van der Waals surface area contributed by atoms with Gasteiger partial charge in [-0.15, -0.1) is 0 Å². The first-order valence-electron chi connectivity index (χ1n) is 11.6. The molecule has 4 rings (SSSR count). The van der Waals surface area contributed by atoms with E-state index in [4.69, 9.17) is 10.8 Å². The van der Waals surface area contributed by atoms with Gasteiger partial charge in [-0.3, -0.25) is 19.4 Å². The summed E-state index contributed by atoms with van der Waals surface area (Å²) in [6, 6.07) is 2.67. The standard InChI is InChI=1S/C24H25N5O8S/c25-23-27-16-7-4-13-12-14(5-6-15(13)19(16)20(32)28-23)38(36,37)29-24(10-2-1-3-11-24)22(35)26-17(21(33)34)8-9-18(30)31/h1-3,5-6,10,12,17,29H,4,7-9,11H2,(H,26,35)(H,30,31)(H,33,34)(H3,25,27,28,32)/t17-,24?/m0/s1. The summed E-state index contributed by atoms with van der Waals surface area (Å²) in [6.45, 7) is 0. The van der Waals surface area contributed by atoms with Crippen LogP contribution in [0.5, 0.6) is 0 Å². The Balaban J connectivity index is 1.64. The summed E-state index contributed by atoms with van der Waals surface area (Å²) in [5, 5.41) is 20.6. The molecular weight excluding hydrogens is 518 g/mol. The third-order valence-electron chi connectivity index (χ3n) is 6.34. The van der Waals surface area contributed by atoms with E-state index in [-0.39, 0.29) is 23.7 Å². The minimum Gasteiger partial charge on any atom is -0.481 e. The number of nitrogens with zero attached hydrogens (tertiary/aromatic N) is 1. The summed E-state index contributed by atoms with van der Waals surface area (Å²) in [6.07, 6.45) is 5.69. The number of nitrogens with two attached hydrogens (primary N) is 1. The molecular formula is C24H25N5O8S. The summed E-state index contributed by atoms with van der Waals surface area (Å²) in [5.74, 6) is -3.64. The lowest BCUT2D eigenvalue weighted by Gasteiger charge is -2.32. The molecule has 0 radical (unpaired) electrons. The summed E-state index contributed by atoms with van der Waals surface area (Å²) in [5.41, 5.74) is 5.28. The van der Waals surface area contributed by atoms with Crippen molar-refractivity contribution in [1.82, 2.24) is 20.0 Å². The minimum atomic E-state index is -4.33. The Hall–Kier alpha value is -4.30. The molecule has 2 aromatic rings. The number of aromatic nitrogens is 2. The molecule has 0 saturated heterocycles. The van der Waals surface area contributed by atoms with Gasteiger partial charge in [0.2, 0.25) is 21.9 Å². The molecule has 1 amide bonds. The number of carboxylic acids is 2. The maximum atomic E-state index is 13.4. The highest BCUT2D eigenvalue weighted by molar-refractivity contribution is 7.89. The van der Waals surface area contributed by atoms with Crippen molar-refractivity contribution in [3.8, 4) is 11.1 Å². The van der Waals surface area contributed by atoms with E-state index in [2.05, 4.69) is 20.0 Å². The van der Waals surface area contributed by atoms with Crippen molar-refractivity contribution in [3.63, 3.8) is 0 Å². The lowest BCUT2D eigenvalue weighted by molar-refractivity contribution is -0.143. The number of aryl methyl sites for hydroxylation is 2. The topological polar surface area (TPSA) is 222 Å². The Bertz CT molecular complexity index is 1550. The van der Waals surface area contributed by atoms with Crippen LogP contribution < -0.4 is 21.3 Å². The Morgan fingerprint density at radius 3 is 2.61 bits per heavy atom. The smallest absolute Gasteiger partial charge is 0.326 e. The molecule has 13 nitrogen and oxygen atoms in total. The fraction of sp³-hybridized carbons (Fsp3) is 0.292. The molecule has 2 aliphatic carbocycles. The number of aliphatic carboxylic acids is 2. The van der Waals surface area contributed by atoms with Gasteiger partial charge in [-0.05, 0) is 48.9 Å². The Morgan fingerprint density at radius 2 is 1.95 bits per heavy atom. The van der Waals surface area contributed by atoms with E-state index in [1.54, 1.807) is 12.2 Å². The highest BCUT2D eigenvalue weighted by atomic mass is 32.2. The van der Waals surface area contributed by atoms with Crippen LogP contribution in [0.25, 0.3) is 11.1 Å². The van der Waals surface area contributed by atoms with Gasteiger partial charge in [-0.25, -0.2) is 18.2 Å². The lowest BCUT2D eigenvalue weighted by atomic mass is 9.89. The normalized spacial score (nSPS) is 18.7. The summed E-state index contributed by atoms with van der Waals surface area (Å²) >= 11 is 0. The second-order valence-electron chi connectivity index (χ2n) is 8.96. The third-order valence-corrected chi connectivity index (χ3v) is 7.85. The first-order chi connectivity index (χ1) is 17.9. The molecule has 0 aliphatic heterocycles. The molecule has 14 heteroatoms. The highest BCUT2D eigenvalue weighted by Crippen LogP contribution is 2.32. The van der Waals surface area contributed by atoms with Gasteiger partial charge in [0.05, 0.1) is 16.2 Å². The molecule has 200 valence electrons. The molecule has 2 aliphatic rings. The quantitative estimate of drug-likeness (QED) is 0.250. The summed E-state index contributed by atoms with van der Waals surface area (Å²) < 4.78 is 29.3. The molecule has 1 heterocycles. The van der Waals surface area contributed by atoms with Crippen LogP contribution in [0.2, 0.25) is 0 Å². The predicted octanol–water partition coefficient (Wildman–Crippen LogP) is 0.0851. The number of carbonyl (C=O) groups is 3. The Kier molecular flexibility index (Phi) is 7.20. The average Bonchev–Trinajstić information content (AvgIpc) is 2.85. The van der Waals surface area contributed by atoms with Gasteiger partial charge < -0.3 is 21.3 Å². The van der Waals surface area contributed by atoms with Crippen LogP contribution in [-0.2, 0) is 37.2 Å². The van der Waals surface area contributed by atoms with Crippen molar-refractivity contribution in [2.75, 3.05) is 5.73 Å². The predicted molar refractivity (Wildman–Crippen MR) is 134 cm³/mol. The lowest BCUT2D eigenvalue weighted by Crippen LogP contribution is -2.60. The number of hydrogen-bond donors (Lipinski definition) is 6. The Morgan fingerprint density at radius 1 is 1.18 bits per heavy atom. The van der Waals surface area contributed by atoms with Crippen molar-refractivity contribution < 1.29 is 33.0 Å². The van der Waals surface area contributed by atoms with Gasteiger partial charge in [0.15, 0.2) is 0 Å². The SMILES string of the molecule is Nc1nc2c(c(=O)[nH]1)-c1ccc(S(=O)(=O)NC3(C(=O)N[C@@H](CCC(=O)O)C(=O)O)C=CC=CC3)cc1CC2. The summed E-state index contributed by atoms with van der Waals surface area (Å²) in [7, 11) is -4.33. The van der Waals surface area contributed by atoms with Gasteiger partial charge in [0.1, 0.15) is 11.6 Å². The summed E-state index contributed by atoms with van der Waals surface area (Å²) in [4.78, 5) is 54.7. The van der Waals surface area contributed by atoms with Crippen molar-refractivity contribution in [3.05, 3.63) is 64.1 Å². The fourth-order valence-electron chi connectivity index (χ4n) is 4.46. The van der Waals surface area contributed by atoms with Crippen molar-refractivity contribution in [2.24, 2.45) is 0 Å². The maximum absolute atomic E-state index is 13.4. The van der Waals surface area contributed by atoms with Crippen molar-refractivity contribution >= 4 is 33.8 Å². The number of benzene rings is 1. The molecule has 7 N–H and O–H groups in total. The molecule has 38 heavy (non-hydrogen) atoms. The average molecular weight is 544 g/mol. The molecule has 1 unspecified atom stereocenters. The number of carbonyl (C=O) groups excluding carboxylic acids is 1. The molecule has 0 spiro atoms. The number of sulfonamides is 1. The second-order valence-corrected chi connectivity index (χ2v) is 10.6. The van der Waals surface area contributed by atoms with Crippen LogP contribution in [0.1, 0.15) is 30.5 Å². The fourth-order valence-corrected chi connectivity index (χ4v) is 5.85. The Labute approximate surface area is 216 Å². The van der Waals surface area contributed by atoms with E-state index in [1.165, 1.54) is 30.4 Å². The van der Waals surface area contributed by atoms with E-state index >= 15 is 0 Å². The number of nitrogens with one attached hydrogen (secondary N) is 3. The number of allylic oxidation sites excluding steroid dienone is 2. The number of anilines is 1. The molecule has 1 aromatic carbocycles. The zero-order valence-corrected chi connectivity index (χ0v) is 20.7. The van der Waals surface area contributed by atoms with Crippen LogP contribution >= 0.6 is 0 Å². The molecule has 0 fully saturated rings. The number of carboxylic acid groups (broad SMARTS) is 2. The number of amides is 1. The minimum absolute atomic E-state index is 0.00754.